The van der Waals surface area contributed by atoms with Gasteiger partial charge in [0.05, 0.1) is 24.0 Å². The Morgan fingerprint density at radius 3 is 2.92 bits per heavy atom. The van der Waals surface area contributed by atoms with E-state index >= 15 is 0 Å². The van der Waals surface area contributed by atoms with Crippen LogP contribution in [0.2, 0.25) is 0 Å². The van der Waals surface area contributed by atoms with Crippen molar-refractivity contribution in [1.29, 1.82) is 0 Å². The molecular weight excluding hydrogens is 154 g/mol. The number of aromatic nitrogens is 2. The number of rotatable bonds is 1. The van der Waals surface area contributed by atoms with Crippen molar-refractivity contribution in [3.63, 3.8) is 0 Å². The second-order valence-electron chi connectivity index (χ2n) is 3.32. The number of aliphatic hydroxyl groups excluding tert-OH is 1. The molecule has 0 saturated heterocycles. The summed E-state index contributed by atoms with van der Waals surface area (Å²) in [6.45, 7) is 0. The molecule has 1 aromatic rings. The Kier molecular flexibility index (Phi) is 1.77. The Morgan fingerprint density at radius 1 is 1.58 bits per heavy atom. The Bertz CT molecular complexity index is 271. The van der Waals surface area contributed by atoms with E-state index in [4.69, 9.17) is 5.73 Å². The van der Waals surface area contributed by atoms with Gasteiger partial charge in [0.2, 0.25) is 0 Å². The molecule has 2 atom stereocenters. The highest BCUT2D eigenvalue weighted by Crippen LogP contribution is 2.29. The molecule has 0 aromatic carbocycles. The molecule has 1 heterocycles. The van der Waals surface area contributed by atoms with E-state index in [1.165, 1.54) is 0 Å². The minimum atomic E-state index is -0.246. The maximum Gasteiger partial charge on any atom is 0.0779 e. The van der Waals surface area contributed by atoms with Gasteiger partial charge in [-0.15, -0.1) is 0 Å². The second-order valence-corrected chi connectivity index (χ2v) is 3.32. The first-order valence-electron chi connectivity index (χ1n) is 4.25. The molecule has 2 rings (SSSR count). The van der Waals surface area contributed by atoms with E-state index in [1.807, 2.05) is 0 Å². The van der Waals surface area contributed by atoms with E-state index in [-0.39, 0.29) is 12.1 Å². The van der Waals surface area contributed by atoms with Gasteiger partial charge in [0.25, 0.3) is 0 Å². The third-order valence-corrected chi connectivity index (χ3v) is 2.41. The first kappa shape index (κ1) is 7.61. The summed E-state index contributed by atoms with van der Waals surface area (Å²) in [5.74, 6) is 0. The molecule has 0 bridgehead atoms. The van der Waals surface area contributed by atoms with E-state index in [1.54, 1.807) is 17.1 Å². The molecule has 0 aliphatic heterocycles. The van der Waals surface area contributed by atoms with Crippen molar-refractivity contribution in [1.82, 2.24) is 9.78 Å². The van der Waals surface area contributed by atoms with Gasteiger partial charge in [0, 0.05) is 6.20 Å². The minimum Gasteiger partial charge on any atom is -0.396 e. The van der Waals surface area contributed by atoms with E-state index in [9.17, 15) is 5.11 Å². The van der Waals surface area contributed by atoms with E-state index in [0.717, 1.165) is 19.3 Å². The summed E-state index contributed by atoms with van der Waals surface area (Å²) in [5, 5.41) is 13.6. The molecule has 1 aliphatic rings. The molecule has 1 fully saturated rings. The predicted molar refractivity (Wildman–Crippen MR) is 45.5 cm³/mol. The van der Waals surface area contributed by atoms with Gasteiger partial charge < -0.3 is 10.8 Å². The molecule has 0 spiro atoms. The van der Waals surface area contributed by atoms with Crippen LogP contribution in [0.15, 0.2) is 12.4 Å². The van der Waals surface area contributed by atoms with Crippen molar-refractivity contribution in [3.8, 4) is 0 Å². The lowest BCUT2D eigenvalue weighted by atomic mass is 10.2. The summed E-state index contributed by atoms with van der Waals surface area (Å²) >= 11 is 0. The van der Waals surface area contributed by atoms with Gasteiger partial charge in [-0.05, 0) is 19.3 Å². The van der Waals surface area contributed by atoms with Gasteiger partial charge in [0.1, 0.15) is 0 Å². The zero-order chi connectivity index (χ0) is 8.55. The summed E-state index contributed by atoms with van der Waals surface area (Å²) in [6.07, 6.45) is 6.10. The van der Waals surface area contributed by atoms with Crippen LogP contribution in [-0.4, -0.2) is 21.0 Å². The van der Waals surface area contributed by atoms with Crippen LogP contribution < -0.4 is 5.73 Å². The summed E-state index contributed by atoms with van der Waals surface area (Å²) in [4.78, 5) is 0. The minimum absolute atomic E-state index is 0.141. The third kappa shape index (κ3) is 1.18. The molecule has 66 valence electrons. The fraction of sp³-hybridized carbons (Fsp3) is 0.625. The normalized spacial score (nSPS) is 29.4. The number of nitrogens with two attached hydrogens (primary N) is 1. The summed E-state index contributed by atoms with van der Waals surface area (Å²) < 4.78 is 1.77. The smallest absolute Gasteiger partial charge is 0.0779 e. The highest BCUT2D eigenvalue weighted by molar-refractivity contribution is 5.30. The Labute approximate surface area is 71.0 Å². The molecule has 1 aromatic heterocycles. The van der Waals surface area contributed by atoms with Crippen LogP contribution in [0.25, 0.3) is 0 Å². The Hall–Kier alpha value is -1.03. The molecule has 4 heteroatoms. The molecule has 1 aliphatic carbocycles. The first-order chi connectivity index (χ1) is 5.77. The lowest BCUT2D eigenvalue weighted by Crippen LogP contribution is -2.18. The largest absolute Gasteiger partial charge is 0.396 e. The van der Waals surface area contributed by atoms with Crippen LogP contribution in [0.5, 0.6) is 0 Å². The topological polar surface area (TPSA) is 64.1 Å². The molecule has 4 nitrogen and oxygen atoms in total. The monoisotopic (exact) mass is 167 g/mol. The lowest BCUT2D eigenvalue weighted by Gasteiger charge is -2.14. The van der Waals surface area contributed by atoms with Crippen molar-refractivity contribution in [2.24, 2.45) is 0 Å². The van der Waals surface area contributed by atoms with Gasteiger partial charge in [-0.3, -0.25) is 4.68 Å². The summed E-state index contributed by atoms with van der Waals surface area (Å²) in [7, 11) is 0. The Balaban J connectivity index is 2.19. The number of nitrogens with zero attached hydrogens (tertiary/aromatic N) is 2. The Morgan fingerprint density at radius 2 is 2.42 bits per heavy atom. The fourth-order valence-electron chi connectivity index (χ4n) is 1.76. The third-order valence-electron chi connectivity index (χ3n) is 2.41. The van der Waals surface area contributed by atoms with Crippen LogP contribution in [0.3, 0.4) is 0 Å². The van der Waals surface area contributed by atoms with Crippen molar-refractivity contribution >= 4 is 5.69 Å². The van der Waals surface area contributed by atoms with Gasteiger partial charge in [-0.25, -0.2) is 0 Å². The average molecular weight is 167 g/mol. The number of aliphatic hydroxyl groups is 1. The van der Waals surface area contributed by atoms with Crippen LogP contribution in [-0.2, 0) is 0 Å². The maximum atomic E-state index is 9.55. The SMILES string of the molecule is Nc1cnn(C2CCCC2O)c1. The number of anilines is 1. The highest BCUT2D eigenvalue weighted by Gasteiger charge is 2.26. The van der Waals surface area contributed by atoms with Crippen molar-refractivity contribution in [3.05, 3.63) is 12.4 Å². The zero-order valence-electron chi connectivity index (χ0n) is 6.85. The van der Waals surface area contributed by atoms with Crippen LogP contribution in [0, 0.1) is 0 Å². The molecule has 2 unspecified atom stereocenters. The average Bonchev–Trinajstić information content (AvgIpc) is 2.58. The molecule has 0 radical (unpaired) electrons. The van der Waals surface area contributed by atoms with Crippen LogP contribution >= 0.6 is 0 Å². The maximum absolute atomic E-state index is 9.55. The van der Waals surface area contributed by atoms with E-state index in [2.05, 4.69) is 5.10 Å². The summed E-state index contributed by atoms with van der Waals surface area (Å²) in [5.41, 5.74) is 6.19. The van der Waals surface area contributed by atoms with Crippen LogP contribution in [0.1, 0.15) is 25.3 Å². The summed E-state index contributed by atoms with van der Waals surface area (Å²) in [6, 6.07) is 0.141. The van der Waals surface area contributed by atoms with Gasteiger partial charge >= 0.3 is 0 Å². The van der Waals surface area contributed by atoms with Crippen molar-refractivity contribution in [2.75, 3.05) is 5.73 Å². The van der Waals surface area contributed by atoms with E-state index < -0.39 is 0 Å². The second kappa shape index (κ2) is 2.79. The first-order valence-corrected chi connectivity index (χ1v) is 4.25. The number of hydrogen-bond acceptors (Lipinski definition) is 3. The molecular formula is C8H13N3O. The molecule has 1 saturated carbocycles. The van der Waals surface area contributed by atoms with Crippen molar-refractivity contribution < 1.29 is 5.11 Å². The standard InChI is InChI=1S/C8H13N3O/c9-6-4-10-11(5-6)7-2-1-3-8(7)12/h4-5,7-8,12H,1-3,9H2. The molecule has 3 N–H and O–H groups in total. The molecule has 12 heavy (non-hydrogen) atoms. The van der Waals surface area contributed by atoms with Crippen molar-refractivity contribution in [2.45, 2.75) is 31.4 Å². The van der Waals surface area contributed by atoms with Gasteiger partial charge in [0.15, 0.2) is 0 Å². The van der Waals surface area contributed by atoms with Gasteiger partial charge in [-0.1, -0.05) is 0 Å². The fourth-order valence-corrected chi connectivity index (χ4v) is 1.76. The van der Waals surface area contributed by atoms with Gasteiger partial charge in [-0.2, -0.15) is 5.10 Å². The van der Waals surface area contributed by atoms with Crippen LogP contribution in [0.4, 0.5) is 5.69 Å². The lowest BCUT2D eigenvalue weighted by molar-refractivity contribution is 0.130. The van der Waals surface area contributed by atoms with E-state index in [0.29, 0.717) is 5.69 Å². The predicted octanol–water partition coefficient (Wildman–Crippen LogP) is 0.551. The zero-order valence-corrected chi connectivity index (χ0v) is 6.85. The molecule has 0 amide bonds. The highest BCUT2D eigenvalue weighted by atomic mass is 16.3. The quantitative estimate of drug-likeness (QED) is 0.642. The number of nitrogen functional groups attached to an aromatic ring is 1. The number of hydrogen-bond donors (Lipinski definition) is 2.